The van der Waals surface area contributed by atoms with Crippen LogP contribution in [-0.4, -0.2) is 69.4 Å². The van der Waals surface area contributed by atoms with Gasteiger partial charge in [-0.1, -0.05) is 24.3 Å². The molecule has 274 valence electrons. The van der Waals surface area contributed by atoms with E-state index in [9.17, 15) is 34.1 Å². The van der Waals surface area contributed by atoms with Gasteiger partial charge in [0.15, 0.2) is 0 Å². The van der Waals surface area contributed by atoms with Crippen LogP contribution in [0.4, 0.5) is 10.1 Å². The van der Waals surface area contributed by atoms with Crippen LogP contribution < -0.4 is 16.2 Å². The number of ether oxygens (including phenoxy) is 1. The van der Waals surface area contributed by atoms with Crippen molar-refractivity contribution in [1.29, 1.82) is 0 Å². The van der Waals surface area contributed by atoms with Crippen molar-refractivity contribution in [2.45, 2.75) is 62.5 Å². The molecule has 1 saturated carbocycles. The molecule has 0 aliphatic heterocycles. The minimum atomic E-state index is -1.83. The number of carbonyl (C=O) groups is 2. The number of nitrogens with one attached hydrogen (secondary N) is 3. The molecule has 3 heterocycles. The molecule has 0 saturated heterocycles. The Labute approximate surface area is 307 Å². The molecule has 0 unspecified atom stereocenters. The van der Waals surface area contributed by atoms with Gasteiger partial charge in [0.2, 0.25) is 17.1 Å². The highest BCUT2D eigenvalue weighted by Gasteiger charge is 2.45. The fraction of sp³-hybridized carbons (Fsp3) is 0.342. The number of H-pyrrole nitrogens is 1. The first-order chi connectivity index (χ1) is 25.0. The quantitative estimate of drug-likeness (QED) is 0.0820. The summed E-state index contributed by atoms with van der Waals surface area (Å²) in [7, 11) is 1.95. The minimum Gasteiger partial charge on any atom is -0.506 e. The number of anilines is 1. The molecule has 0 spiro atoms. The topological polar surface area (TPSA) is 164 Å². The van der Waals surface area contributed by atoms with Crippen LogP contribution in [-0.2, 0) is 26.5 Å². The maximum atomic E-state index is 15.0. The average molecular weight is 749 g/mol. The molecule has 1 aliphatic rings. The molecule has 6 rings (SSSR count). The van der Waals surface area contributed by atoms with Crippen LogP contribution in [0.5, 0.6) is 5.75 Å². The van der Waals surface area contributed by atoms with Crippen LogP contribution >= 0.6 is 22.7 Å². The Morgan fingerprint density at radius 3 is 2.40 bits per heavy atom. The van der Waals surface area contributed by atoms with Crippen LogP contribution in [0.3, 0.4) is 0 Å². The Bertz CT molecular complexity index is 2010. The third-order valence-electron chi connectivity index (χ3n) is 9.52. The normalized spacial score (nSPS) is 16.9. The molecule has 2 aromatic carbocycles. The Hall–Kier alpha value is -4.44. The Balaban J connectivity index is 0.928. The molecule has 1 fully saturated rings. The van der Waals surface area contributed by atoms with E-state index >= 15 is 0 Å². The monoisotopic (exact) mass is 748 g/mol. The number of thiophene rings is 2. The third kappa shape index (κ3) is 8.44. The number of nitrogens with zero attached hydrogens (tertiary/aromatic N) is 1. The maximum absolute atomic E-state index is 15.0. The zero-order valence-corrected chi connectivity index (χ0v) is 30.1. The SMILES string of the molecule is CN(CCC(=O)Nc1ccc(CNC[C@H](O)c2ccc(O)c3[nH]c(=O)ccc23)cc1F)[C@H]1CC[C@H](OC(=O)C(O)(c2cccs2)c2cccs2)CC1. The fourth-order valence-corrected chi connectivity index (χ4v) is 8.30. The van der Waals surface area contributed by atoms with Gasteiger partial charge in [-0.25, -0.2) is 9.18 Å². The summed E-state index contributed by atoms with van der Waals surface area (Å²) in [5, 5.41) is 42.3. The number of esters is 1. The summed E-state index contributed by atoms with van der Waals surface area (Å²) >= 11 is 2.62. The largest absolute Gasteiger partial charge is 0.506 e. The lowest BCUT2D eigenvalue weighted by Crippen LogP contribution is -2.42. The fourth-order valence-electron chi connectivity index (χ4n) is 6.59. The lowest BCUT2D eigenvalue weighted by molar-refractivity contribution is -0.169. The van der Waals surface area contributed by atoms with Gasteiger partial charge < -0.3 is 40.6 Å². The van der Waals surface area contributed by atoms with Crippen LogP contribution in [0.1, 0.15) is 59.1 Å². The van der Waals surface area contributed by atoms with E-state index in [1.165, 1.54) is 46.9 Å². The van der Waals surface area contributed by atoms with Crippen LogP contribution in [0, 0.1) is 5.82 Å². The van der Waals surface area contributed by atoms with Crippen LogP contribution in [0.2, 0.25) is 0 Å². The summed E-state index contributed by atoms with van der Waals surface area (Å²) in [6.45, 7) is 0.856. The number of rotatable bonds is 14. The summed E-state index contributed by atoms with van der Waals surface area (Å²) < 4.78 is 20.8. The first-order valence-corrected chi connectivity index (χ1v) is 18.8. The van der Waals surface area contributed by atoms with Crippen molar-refractivity contribution >= 4 is 51.1 Å². The van der Waals surface area contributed by atoms with Crippen molar-refractivity contribution in [1.82, 2.24) is 15.2 Å². The van der Waals surface area contributed by atoms with Crippen LogP contribution in [0.15, 0.2) is 82.3 Å². The van der Waals surface area contributed by atoms with Gasteiger partial charge in [-0.2, -0.15) is 0 Å². The Morgan fingerprint density at radius 1 is 1.04 bits per heavy atom. The van der Waals surface area contributed by atoms with E-state index in [1.807, 2.05) is 17.8 Å². The second-order valence-electron chi connectivity index (χ2n) is 13.0. The number of hydrogen-bond acceptors (Lipinski definition) is 11. The molecule has 0 bridgehead atoms. The number of aromatic amines is 1. The van der Waals surface area contributed by atoms with Crippen molar-refractivity contribution in [3.8, 4) is 5.75 Å². The van der Waals surface area contributed by atoms with E-state index in [1.54, 1.807) is 42.5 Å². The summed E-state index contributed by atoms with van der Waals surface area (Å²) in [6, 6.07) is 17.6. The Morgan fingerprint density at radius 2 is 1.75 bits per heavy atom. The molecule has 1 aliphatic carbocycles. The summed E-state index contributed by atoms with van der Waals surface area (Å²) in [6.07, 6.45) is 1.70. The number of phenols is 1. The number of phenolic OH excluding ortho intramolecular Hbond substituents is 1. The Kier molecular flexibility index (Phi) is 11.8. The van der Waals surface area contributed by atoms with Crippen molar-refractivity contribution < 1.29 is 34.0 Å². The lowest BCUT2D eigenvalue weighted by Gasteiger charge is -2.35. The van der Waals surface area contributed by atoms with E-state index in [-0.39, 0.29) is 60.1 Å². The number of fused-ring (bicyclic) bond motifs is 1. The highest BCUT2D eigenvalue weighted by atomic mass is 32.1. The lowest BCUT2D eigenvalue weighted by atomic mass is 9.91. The van der Waals surface area contributed by atoms with Gasteiger partial charge in [-0.15, -0.1) is 22.7 Å². The molecular weight excluding hydrogens is 708 g/mol. The molecule has 1 atom stereocenters. The number of aromatic nitrogens is 1. The highest BCUT2D eigenvalue weighted by Crippen LogP contribution is 2.38. The predicted octanol–water partition coefficient (Wildman–Crippen LogP) is 5.37. The predicted molar refractivity (Wildman–Crippen MR) is 199 cm³/mol. The molecule has 1 amide bonds. The molecule has 0 radical (unpaired) electrons. The summed E-state index contributed by atoms with van der Waals surface area (Å²) in [5.74, 6) is -1.65. The first kappa shape index (κ1) is 37.3. The second kappa shape index (κ2) is 16.5. The van der Waals surface area contributed by atoms with Crippen molar-refractivity contribution in [2.75, 3.05) is 25.5 Å². The third-order valence-corrected chi connectivity index (χ3v) is 11.5. The zero-order chi connectivity index (χ0) is 36.8. The van der Waals surface area contributed by atoms with E-state index in [2.05, 4.69) is 20.5 Å². The number of amides is 1. The number of aromatic hydroxyl groups is 1. The molecule has 5 aromatic rings. The molecule has 52 heavy (non-hydrogen) atoms. The zero-order valence-electron chi connectivity index (χ0n) is 28.5. The van der Waals surface area contributed by atoms with Gasteiger partial charge in [-0.05, 0) is 91.0 Å². The molecule has 6 N–H and O–H groups in total. The van der Waals surface area contributed by atoms with Crippen LogP contribution in [0.25, 0.3) is 10.9 Å². The number of carbonyl (C=O) groups excluding carboxylic acids is 2. The molecule has 14 heteroatoms. The average Bonchev–Trinajstić information content (AvgIpc) is 3.89. The van der Waals surface area contributed by atoms with Gasteiger partial charge in [0, 0.05) is 43.5 Å². The van der Waals surface area contributed by atoms with E-state index in [0.717, 1.165) is 12.8 Å². The van der Waals surface area contributed by atoms with E-state index in [0.29, 0.717) is 45.7 Å². The molecule has 11 nitrogen and oxygen atoms in total. The number of halogens is 1. The van der Waals surface area contributed by atoms with Crippen molar-refractivity contribution in [3.05, 3.63) is 115 Å². The summed E-state index contributed by atoms with van der Waals surface area (Å²) in [4.78, 5) is 43.5. The smallest absolute Gasteiger partial charge is 0.349 e. The molecule has 3 aromatic heterocycles. The molecular formula is C38H41FN4O7S2. The standard InChI is InChI=1S/C38H41FN4O7S2/c1-43(24-7-9-25(10-8-24)50-37(48)38(49,32-4-2-18-51-32)33-5-3-19-52-33)17-16-35(47)41-29-13-6-23(20-28(29)39)21-40-22-31(45)26-11-14-30(44)36-27(26)12-15-34(46)42-36/h2-6,11-15,18-20,24-25,31,40,44-45,49H,7-10,16-17,21-22H2,1H3,(H,41,47)(H,42,46)/t24-,25-,31-/m0/s1. The first-order valence-electron chi connectivity index (χ1n) is 17.1. The summed E-state index contributed by atoms with van der Waals surface area (Å²) in [5.41, 5.74) is -0.740. The number of pyridine rings is 1. The van der Waals surface area contributed by atoms with Gasteiger partial charge in [0.05, 0.1) is 27.1 Å². The van der Waals surface area contributed by atoms with Crippen molar-refractivity contribution in [3.63, 3.8) is 0 Å². The number of hydrogen-bond donors (Lipinski definition) is 6. The van der Waals surface area contributed by atoms with Gasteiger partial charge >= 0.3 is 5.97 Å². The number of aliphatic hydroxyl groups is 2. The minimum absolute atomic E-state index is 0.0772. The van der Waals surface area contributed by atoms with E-state index < -0.39 is 23.5 Å². The van der Waals surface area contributed by atoms with E-state index in [4.69, 9.17) is 4.74 Å². The van der Waals surface area contributed by atoms with Crippen molar-refractivity contribution in [2.24, 2.45) is 0 Å². The van der Waals surface area contributed by atoms with Gasteiger partial charge in [0.1, 0.15) is 17.7 Å². The number of benzene rings is 2. The van der Waals surface area contributed by atoms with Gasteiger partial charge in [0.25, 0.3) is 0 Å². The second-order valence-corrected chi connectivity index (χ2v) is 14.9. The highest BCUT2D eigenvalue weighted by molar-refractivity contribution is 7.12. The maximum Gasteiger partial charge on any atom is 0.349 e. The van der Waals surface area contributed by atoms with Gasteiger partial charge in [-0.3, -0.25) is 9.59 Å². The number of aliphatic hydroxyl groups excluding tert-OH is 1.